The van der Waals surface area contributed by atoms with E-state index in [4.69, 9.17) is 5.84 Å². The van der Waals surface area contributed by atoms with Crippen LogP contribution < -0.4 is 5.84 Å². The van der Waals surface area contributed by atoms with E-state index in [1.54, 1.807) is 20.8 Å². The van der Waals surface area contributed by atoms with E-state index in [1.165, 1.54) is 0 Å². The quantitative estimate of drug-likeness (QED) is 0.278. The van der Waals surface area contributed by atoms with Gasteiger partial charge in [-0.15, -0.1) is 0 Å². The topological polar surface area (TPSA) is 92.9 Å². The van der Waals surface area contributed by atoms with Crippen LogP contribution in [0, 0.1) is 0 Å². The van der Waals surface area contributed by atoms with Gasteiger partial charge in [-0.25, -0.2) is 10.6 Å². The zero-order valence-electron chi connectivity index (χ0n) is 9.27. The number of amides is 1. The molecule has 0 aromatic rings. The largest absolute Gasteiger partial charge is 0.464 e. The van der Waals surface area contributed by atoms with Crippen molar-refractivity contribution in [2.45, 2.75) is 39.3 Å². The van der Waals surface area contributed by atoms with E-state index in [2.05, 4.69) is 4.74 Å². The second kappa shape index (κ2) is 6.36. The smallest absolute Gasteiger partial charge is 0.335 e. The molecule has 6 nitrogen and oxygen atoms in total. The van der Waals surface area contributed by atoms with Crippen LogP contribution in [0.2, 0.25) is 0 Å². The van der Waals surface area contributed by atoms with Gasteiger partial charge in [-0.2, -0.15) is 0 Å². The van der Waals surface area contributed by atoms with E-state index in [9.17, 15) is 14.7 Å². The number of hydrogen-bond acceptors (Lipinski definition) is 5. The summed E-state index contributed by atoms with van der Waals surface area (Å²) in [5.74, 6) is 4.11. The van der Waals surface area contributed by atoms with Crippen molar-refractivity contribution >= 4 is 11.9 Å². The summed E-state index contributed by atoms with van der Waals surface area (Å²) in [6, 6.07) is -0.174. The summed E-state index contributed by atoms with van der Waals surface area (Å²) < 4.78 is 4.54. The molecule has 0 aliphatic rings. The highest BCUT2D eigenvalue weighted by molar-refractivity contribution is 5.84. The van der Waals surface area contributed by atoms with Gasteiger partial charge in [0, 0.05) is 6.04 Å². The standard InChI is InChI=1S/C9H18N2O4/c1-4-15-9(14)7(12)5-8(13)11(10)6(2)3/h6-7,12H,4-5,10H2,1-3H3. The van der Waals surface area contributed by atoms with Gasteiger partial charge in [0.1, 0.15) is 0 Å². The van der Waals surface area contributed by atoms with Crippen LogP contribution in [0.4, 0.5) is 0 Å². The van der Waals surface area contributed by atoms with Gasteiger partial charge >= 0.3 is 5.97 Å². The van der Waals surface area contributed by atoms with Crippen molar-refractivity contribution in [1.82, 2.24) is 5.01 Å². The zero-order chi connectivity index (χ0) is 12.0. The van der Waals surface area contributed by atoms with E-state index in [1.807, 2.05) is 0 Å². The average molecular weight is 218 g/mol. The molecule has 6 heteroatoms. The molecule has 0 radical (unpaired) electrons. The lowest BCUT2D eigenvalue weighted by Gasteiger charge is -2.21. The van der Waals surface area contributed by atoms with E-state index < -0.39 is 18.0 Å². The van der Waals surface area contributed by atoms with Crippen molar-refractivity contribution < 1.29 is 19.4 Å². The van der Waals surface area contributed by atoms with Crippen molar-refractivity contribution in [2.75, 3.05) is 6.61 Å². The molecule has 0 aromatic heterocycles. The number of hydrazine groups is 1. The summed E-state index contributed by atoms with van der Waals surface area (Å²) in [5.41, 5.74) is 0. The molecule has 0 aliphatic heterocycles. The number of carbonyl (C=O) groups is 2. The average Bonchev–Trinajstić information content (AvgIpc) is 2.16. The Balaban J connectivity index is 4.12. The second-order valence-electron chi connectivity index (χ2n) is 3.37. The van der Waals surface area contributed by atoms with Crippen LogP contribution in [0.3, 0.4) is 0 Å². The molecule has 0 aromatic carbocycles. The maximum absolute atomic E-state index is 11.3. The zero-order valence-corrected chi connectivity index (χ0v) is 9.27. The minimum absolute atomic E-state index is 0.167. The van der Waals surface area contributed by atoms with E-state index in [0.29, 0.717) is 0 Å². The van der Waals surface area contributed by atoms with Crippen molar-refractivity contribution in [3.63, 3.8) is 0 Å². The molecule has 3 N–H and O–H groups in total. The molecule has 0 heterocycles. The summed E-state index contributed by atoms with van der Waals surface area (Å²) in [5, 5.41) is 10.2. The Morgan fingerprint density at radius 2 is 2.00 bits per heavy atom. The number of nitrogens with two attached hydrogens (primary N) is 1. The van der Waals surface area contributed by atoms with Gasteiger partial charge in [-0.1, -0.05) is 0 Å². The van der Waals surface area contributed by atoms with E-state index in [0.717, 1.165) is 5.01 Å². The normalized spacial score (nSPS) is 12.4. The number of hydrogen-bond donors (Lipinski definition) is 2. The molecule has 0 spiro atoms. The van der Waals surface area contributed by atoms with Crippen molar-refractivity contribution in [1.29, 1.82) is 0 Å². The lowest BCUT2D eigenvalue weighted by atomic mass is 10.2. The van der Waals surface area contributed by atoms with Crippen LogP contribution in [-0.4, -0.2) is 40.7 Å². The third-order valence-electron chi connectivity index (χ3n) is 1.77. The maximum Gasteiger partial charge on any atom is 0.335 e. The predicted octanol–water partition coefficient (Wildman–Crippen LogP) is -0.589. The first-order valence-electron chi connectivity index (χ1n) is 4.81. The van der Waals surface area contributed by atoms with Gasteiger partial charge in [0.05, 0.1) is 13.0 Å². The minimum Gasteiger partial charge on any atom is -0.464 e. The molecule has 0 saturated heterocycles. The third-order valence-corrected chi connectivity index (χ3v) is 1.77. The number of ether oxygens (including phenoxy) is 1. The lowest BCUT2D eigenvalue weighted by Crippen LogP contribution is -2.44. The fourth-order valence-electron chi connectivity index (χ4n) is 0.881. The Bertz CT molecular complexity index is 230. The molecule has 88 valence electrons. The Kier molecular flexibility index (Phi) is 5.88. The van der Waals surface area contributed by atoms with Crippen molar-refractivity contribution in [2.24, 2.45) is 5.84 Å². The van der Waals surface area contributed by atoms with E-state index in [-0.39, 0.29) is 19.1 Å². The van der Waals surface area contributed by atoms with Crippen LogP contribution >= 0.6 is 0 Å². The van der Waals surface area contributed by atoms with Crippen LogP contribution in [0.5, 0.6) is 0 Å². The lowest BCUT2D eigenvalue weighted by molar-refractivity contribution is -0.156. The summed E-state index contributed by atoms with van der Waals surface area (Å²) in [7, 11) is 0. The fourth-order valence-corrected chi connectivity index (χ4v) is 0.881. The molecular weight excluding hydrogens is 200 g/mol. The number of aliphatic hydroxyl groups is 1. The third kappa shape index (κ3) is 4.75. The van der Waals surface area contributed by atoms with Crippen molar-refractivity contribution in [3.8, 4) is 0 Å². The first kappa shape index (κ1) is 13.9. The number of carbonyl (C=O) groups excluding carboxylic acids is 2. The first-order valence-corrected chi connectivity index (χ1v) is 4.81. The minimum atomic E-state index is -1.44. The molecule has 1 atom stereocenters. The molecule has 0 fully saturated rings. The molecule has 0 saturated carbocycles. The number of aliphatic hydroxyl groups excluding tert-OH is 1. The molecular formula is C9H18N2O4. The Hall–Kier alpha value is -1.14. The molecule has 1 amide bonds. The van der Waals surface area contributed by atoms with Gasteiger partial charge in [0.2, 0.25) is 5.91 Å². The van der Waals surface area contributed by atoms with Crippen LogP contribution in [0.25, 0.3) is 0 Å². The Morgan fingerprint density at radius 3 is 2.40 bits per heavy atom. The van der Waals surface area contributed by atoms with Gasteiger partial charge in [0.25, 0.3) is 0 Å². The Morgan fingerprint density at radius 1 is 1.47 bits per heavy atom. The van der Waals surface area contributed by atoms with Crippen LogP contribution in [-0.2, 0) is 14.3 Å². The van der Waals surface area contributed by atoms with Crippen LogP contribution in [0.1, 0.15) is 27.2 Å². The highest BCUT2D eigenvalue weighted by Crippen LogP contribution is 2.01. The summed E-state index contributed by atoms with van der Waals surface area (Å²) >= 11 is 0. The SMILES string of the molecule is CCOC(=O)C(O)CC(=O)N(N)C(C)C. The molecule has 15 heavy (non-hydrogen) atoms. The van der Waals surface area contributed by atoms with E-state index >= 15 is 0 Å². The molecule has 1 unspecified atom stereocenters. The second-order valence-corrected chi connectivity index (χ2v) is 3.37. The van der Waals surface area contributed by atoms with Gasteiger partial charge < -0.3 is 9.84 Å². The van der Waals surface area contributed by atoms with Gasteiger partial charge in [-0.3, -0.25) is 9.80 Å². The Labute approximate surface area is 89.0 Å². The highest BCUT2D eigenvalue weighted by Gasteiger charge is 2.23. The maximum atomic E-state index is 11.3. The first-order chi connectivity index (χ1) is 6.90. The molecule has 0 rings (SSSR count). The summed E-state index contributed by atoms with van der Waals surface area (Å²) in [6.07, 6.45) is -1.80. The summed E-state index contributed by atoms with van der Waals surface area (Å²) in [6.45, 7) is 5.25. The number of nitrogens with zero attached hydrogens (tertiary/aromatic N) is 1. The molecule has 0 bridgehead atoms. The van der Waals surface area contributed by atoms with Crippen molar-refractivity contribution in [3.05, 3.63) is 0 Å². The number of esters is 1. The predicted molar refractivity (Wildman–Crippen MR) is 53.4 cm³/mol. The highest BCUT2D eigenvalue weighted by atomic mass is 16.5. The van der Waals surface area contributed by atoms with Gasteiger partial charge in [0.15, 0.2) is 6.10 Å². The fraction of sp³-hybridized carbons (Fsp3) is 0.778. The van der Waals surface area contributed by atoms with Crippen LogP contribution in [0.15, 0.2) is 0 Å². The summed E-state index contributed by atoms with van der Waals surface area (Å²) in [4.78, 5) is 22.3. The monoisotopic (exact) mass is 218 g/mol. The number of rotatable bonds is 5. The van der Waals surface area contributed by atoms with Gasteiger partial charge in [-0.05, 0) is 20.8 Å². The molecule has 0 aliphatic carbocycles.